The van der Waals surface area contributed by atoms with Gasteiger partial charge in [-0.25, -0.2) is 13.4 Å². The number of amides is 1. The average Bonchev–Trinajstić information content (AvgIpc) is 2.82. The van der Waals surface area contributed by atoms with Gasteiger partial charge in [-0.15, -0.1) is 0 Å². The molecule has 1 amide bonds. The zero-order valence-corrected chi connectivity index (χ0v) is 20.0. The number of sulfone groups is 1. The topological polar surface area (TPSA) is 98.1 Å². The molecule has 0 spiro atoms. The van der Waals surface area contributed by atoms with Gasteiger partial charge in [0.2, 0.25) is 21.2 Å². The minimum atomic E-state index is -4.11. The Morgan fingerprint density at radius 1 is 0.971 bits per heavy atom. The van der Waals surface area contributed by atoms with Crippen molar-refractivity contribution in [2.75, 3.05) is 5.32 Å². The summed E-state index contributed by atoms with van der Waals surface area (Å²) >= 11 is 0. The van der Waals surface area contributed by atoms with Gasteiger partial charge in [0.25, 0.3) is 0 Å². The number of aryl methyl sites for hydroxylation is 3. The fourth-order valence-electron chi connectivity index (χ4n) is 3.67. The molecule has 0 radical (unpaired) electrons. The van der Waals surface area contributed by atoms with Crippen molar-refractivity contribution in [3.63, 3.8) is 0 Å². The zero-order valence-electron chi connectivity index (χ0n) is 19.2. The zero-order chi connectivity index (χ0) is 24.5. The van der Waals surface area contributed by atoms with E-state index in [-0.39, 0.29) is 28.4 Å². The van der Waals surface area contributed by atoms with Gasteiger partial charge >= 0.3 is 0 Å². The number of rotatable bonds is 6. The molecule has 1 N–H and O–H groups in total. The predicted octanol–water partition coefficient (Wildman–Crippen LogP) is 4.05. The Bertz CT molecular complexity index is 1540. The first kappa shape index (κ1) is 23.4. The van der Waals surface area contributed by atoms with Crippen molar-refractivity contribution in [3.8, 4) is 0 Å². The lowest BCUT2D eigenvalue weighted by Crippen LogP contribution is -2.24. The number of nitrogens with one attached hydrogen (secondary N) is 1. The van der Waals surface area contributed by atoms with Crippen molar-refractivity contribution in [2.24, 2.45) is 0 Å². The second-order valence-corrected chi connectivity index (χ2v) is 10.1. The second-order valence-electron chi connectivity index (χ2n) is 8.19. The van der Waals surface area contributed by atoms with Crippen molar-refractivity contribution in [1.82, 2.24) is 9.55 Å². The molecule has 2 aromatic carbocycles. The van der Waals surface area contributed by atoms with E-state index in [0.717, 1.165) is 17.5 Å². The van der Waals surface area contributed by atoms with Gasteiger partial charge in [-0.1, -0.05) is 36.8 Å². The number of carbonyl (C=O) groups excluding carboxylic acids is 1. The SMILES string of the molecule is CCc1ccc(S(=O)(=O)c2cn(CC(=O)Nc3ccc(C)cc3)c3nc(C)ccc3c2=O)cc1. The molecule has 4 rings (SSSR count). The van der Waals surface area contributed by atoms with Gasteiger partial charge < -0.3 is 9.88 Å². The van der Waals surface area contributed by atoms with E-state index < -0.39 is 20.2 Å². The Balaban J connectivity index is 1.80. The standard InChI is InChI=1S/C26H25N3O4S/c1-4-19-8-12-21(13-9-19)34(32,33)23-15-29(26-22(25(23)31)14-7-18(3)27-26)16-24(30)28-20-10-5-17(2)6-11-20/h5-15H,4,16H2,1-3H3,(H,28,30). The third-order valence-electron chi connectivity index (χ3n) is 5.61. The Morgan fingerprint density at radius 3 is 2.29 bits per heavy atom. The number of benzene rings is 2. The fourth-order valence-corrected chi connectivity index (χ4v) is 5.04. The van der Waals surface area contributed by atoms with Crippen LogP contribution in [0.3, 0.4) is 0 Å². The van der Waals surface area contributed by atoms with Crippen LogP contribution in [0.15, 0.2) is 81.4 Å². The van der Waals surface area contributed by atoms with Gasteiger partial charge in [0.05, 0.1) is 10.3 Å². The summed E-state index contributed by atoms with van der Waals surface area (Å²) in [5.74, 6) is -0.368. The third-order valence-corrected chi connectivity index (χ3v) is 7.37. The first-order valence-corrected chi connectivity index (χ1v) is 12.4. The van der Waals surface area contributed by atoms with Crippen LogP contribution in [-0.2, 0) is 27.6 Å². The van der Waals surface area contributed by atoms with Crippen molar-refractivity contribution in [3.05, 3.63) is 93.9 Å². The van der Waals surface area contributed by atoms with Crippen LogP contribution >= 0.6 is 0 Å². The van der Waals surface area contributed by atoms with Crippen LogP contribution in [0.2, 0.25) is 0 Å². The normalized spacial score (nSPS) is 11.5. The Kier molecular flexibility index (Phi) is 6.34. The second kappa shape index (κ2) is 9.23. The maximum absolute atomic E-state index is 13.4. The maximum atomic E-state index is 13.4. The molecule has 0 aliphatic carbocycles. The van der Waals surface area contributed by atoms with Crippen LogP contribution < -0.4 is 10.7 Å². The van der Waals surface area contributed by atoms with E-state index in [1.54, 1.807) is 43.3 Å². The molecule has 4 aromatic rings. The number of hydrogen-bond acceptors (Lipinski definition) is 5. The number of nitrogens with zero attached hydrogens (tertiary/aromatic N) is 2. The Morgan fingerprint density at radius 2 is 1.65 bits per heavy atom. The first-order chi connectivity index (χ1) is 16.2. The smallest absolute Gasteiger partial charge is 0.244 e. The van der Waals surface area contributed by atoms with Gasteiger partial charge in [0.15, 0.2) is 0 Å². The molecule has 0 saturated carbocycles. The van der Waals surface area contributed by atoms with E-state index in [1.807, 2.05) is 26.0 Å². The number of aromatic nitrogens is 2. The molecule has 0 aliphatic heterocycles. The van der Waals surface area contributed by atoms with E-state index >= 15 is 0 Å². The van der Waals surface area contributed by atoms with Crippen LogP contribution in [0, 0.1) is 13.8 Å². The number of fused-ring (bicyclic) bond motifs is 1. The molecule has 2 aromatic heterocycles. The fraction of sp³-hybridized carbons (Fsp3) is 0.192. The highest BCUT2D eigenvalue weighted by Crippen LogP contribution is 2.22. The van der Waals surface area contributed by atoms with Crippen molar-refractivity contribution in [1.29, 1.82) is 0 Å². The molecule has 0 aliphatic rings. The highest BCUT2D eigenvalue weighted by Gasteiger charge is 2.25. The number of carbonyl (C=O) groups is 1. The summed E-state index contributed by atoms with van der Waals surface area (Å²) in [5, 5.41) is 2.94. The quantitative estimate of drug-likeness (QED) is 0.454. The summed E-state index contributed by atoms with van der Waals surface area (Å²) in [6, 6.07) is 17.0. The molecule has 0 unspecified atom stereocenters. The molecule has 34 heavy (non-hydrogen) atoms. The molecule has 0 fully saturated rings. The third kappa shape index (κ3) is 4.63. The molecule has 2 heterocycles. The highest BCUT2D eigenvalue weighted by molar-refractivity contribution is 7.91. The Labute approximate surface area is 198 Å². The number of pyridine rings is 2. The number of anilines is 1. The summed E-state index contributed by atoms with van der Waals surface area (Å²) < 4.78 is 28.2. The lowest BCUT2D eigenvalue weighted by atomic mass is 10.2. The summed E-state index contributed by atoms with van der Waals surface area (Å²) in [6.07, 6.45) is 1.99. The van der Waals surface area contributed by atoms with E-state index in [2.05, 4.69) is 10.3 Å². The van der Waals surface area contributed by atoms with Crippen molar-refractivity contribution in [2.45, 2.75) is 43.5 Å². The largest absolute Gasteiger partial charge is 0.325 e. The van der Waals surface area contributed by atoms with Crippen LogP contribution in [0.25, 0.3) is 11.0 Å². The molecular formula is C26H25N3O4S. The van der Waals surface area contributed by atoms with Crippen LogP contribution in [0.4, 0.5) is 5.69 Å². The first-order valence-electron chi connectivity index (χ1n) is 10.9. The molecule has 0 bridgehead atoms. The molecule has 8 heteroatoms. The van der Waals surface area contributed by atoms with Crippen molar-refractivity contribution < 1.29 is 13.2 Å². The maximum Gasteiger partial charge on any atom is 0.244 e. The van der Waals surface area contributed by atoms with Gasteiger partial charge in [0, 0.05) is 17.6 Å². The van der Waals surface area contributed by atoms with Crippen LogP contribution in [0.5, 0.6) is 0 Å². The molecule has 174 valence electrons. The highest BCUT2D eigenvalue weighted by atomic mass is 32.2. The minimum Gasteiger partial charge on any atom is -0.325 e. The summed E-state index contributed by atoms with van der Waals surface area (Å²) in [7, 11) is -4.11. The minimum absolute atomic E-state index is 0.0249. The van der Waals surface area contributed by atoms with E-state index in [9.17, 15) is 18.0 Å². The Hall–Kier alpha value is -3.78. The van der Waals surface area contributed by atoms with Gasteiger partial charge in [-0.2, -0.15) is 0 Å². The lowest BCUT2D eigenvalue weighted by Gasteiger charge is -2.14. The predicted molar refractivity (Wildman–Crippen MR) is 132 cm³/mol. The van der Waals surface area contributed by atoms with Gasteiger partial charge in [-0.3, -0.25) is 9.59 Å². The van der Waals surface area contributed by atoms with Crippen LogP contribution in [-0.4, -0.2) is 23.9 Å². The molecular weight excluding hydrogens is 450 g/mol. The summed E-state index contributed by atoms with van der Waals surface area (Å²) in [5.41, 5.74) is 2.93. The molecule has 7 nitrogen and oxygen atoms in total. The average molecular weight is 476 g/mol. The number of hydrogen-bond donors (Lipinski definition) is 1. The molecule has 0 atom stereocenters. The monoisotopic (exact) mass is 475 g/mol. The van der Waals surface area contributed by atoms with Crippen molar-refractivity contribution >= 4 is 32.5 Å². The van der Waals surface area contributed by atoms with E-state index in [4.69, 9.17) is 0 Å². The van der Waals surface area contributed by atoms with E-state index in [1.165, 1.54) is 22.9 Å². The lowest BCUT2D eigenvalue weighted by molar-refractivity contribution is -0.116. The van der Waals surface area contributed by atoms with Gasteiger partial charge in [0.1, 0.15) is 17.1 Å². The van der Waals surface area contributed by atoms with Gasteiger partial charge in [-0.05, 0) is 62.2 Å². The summed E-state index contributed by atoms with van der Waals surface area (Å²) in [4.78, 5) is 30.1. The van der Waals surface area contributed by atoms with Crippen LogP contribution in [0.1, 0.15) is 23.7 Å². The van der Waals surface area contributed by atoms with E-state index in [0.29, 0.717) is 11.4 Å². The molecule has 0 saturated heterocycles. The summed E-state index contributed by atoms with van der Waals surface area (Å²) in [6.45, 7) is 5.48.